The average molecular weight is 404 g/mol. The Morgan fingerprint density at radius 3 is 2.38 bits per heavy atom. The first-order chi connectivity index (χ1) is 14.1. The molecule has 2 aromatic carbocycles. The van der Waals surface area contributed by atoms with Gasteiger partial charge in [0.1, 0.15) is 5.76 Å². The summed E-state index contributed by atoms with van der Waals surface area (Å²) in [6, 6.07) is 21.4. The van der Waals surface area contributed by atoms with Crippen molar-refractivity contribution in [3.05, 3.63) is 89.9 Å². The molecule has 4 aromatic rings. The van der Waals surface area contributed by atoms with Crippen molar-refractivity contribution in [2.75, 3.05) is 0 Å². The summed E-state index contributed by atoms with van der Waals surface area (Å²) in [5.41, 5.74) is 2.74. The standard InChI is InChI=1S/C23H21N3O2S/c1-16-20(13-14-28-16)22-24-25-23(26(22)15-18-9-5-3-6-10-18)29-17(2)21(27)19-11-7-4-8-12-19/h3-14,17H,15H2,1-2H3/t17-/m1/s1. The molecule has 0 saturated heterocycles. The number of rotatable bonds is 7. The lowest BCUT2D eigenvalue weighted by Crippen LogP contribution is -2.15. The van der Waals surface area contributed by atoms with E-state index in [1.54, 1.807) is 6.26 Å². The van der Waals surface area contributed by atoms with Crippen LogP contribution >= 0.6 is 11.8 Å². The van der Waals surface area contributed by atoms with E-state index in [0.717, 1.165) is 22.7 Å². The second kappa shape index (κ2) is 8.49. The van der Waals surface area contributed by atoms with Crippen LogP contribution in [0.25, 0.3) is 11.4 Å². The average Bonchev–Trinajstić information content (AvgIpc) is 3.34. The van der Waals surface area contributed by atoms with Gasteiger partial charge in [0.2, 0.25) is 0 Å². The van der Waals surface area contributed by atoms with Gasteiger partial charge in [0.15, 0.2) is 16.8 Å². The van der Waals surface area contributed by atoms with Gasteiger partial charge in [-0.15, -0.1) is 10.2 Å². The molecule has 0 saturated carbocycles. The molecule has 0 spiro atoms. The smallest absolute Gasteiger partial charge is 0.192 e. The monoisotopic (exact) mass is 403 g/mol. The van der Waals surface area contributed by atoms with Crippen molar-refractivity contribution in [3.63, 3.8) is 0 Å². The molecule has 0 aliphatic carbocycles. The van der Waals surface area contributed by atoms with E-state index in [-0.39, 0.29) is 11.0 Å². The van der Waals surface area contributed by atoms with Crippen LogP contribution in [0.5, 0.6) is 0 Å². The van der Waals surface area contributed by atoms with Gasteiger partial charge < -0.3 is 4.42 Å². The Kier molecular flexibility index (Phi) is 5.62. The molecule has 1 atom stereocenters. The maximum Gasteiger partial charge on any atom is 0.192 e. The van der Waals surface area contributed by atoms with Crippen LogP contribution in [0.15, 0.2) is 82.6 Å². The third kappa shape index (κ3) is 4.17. The summed E-state index contributed by atoms with van der Waals surface area (Å²) in [4.78, 5) is 12.8. The number of thioether (sulfide) groups is 1. The highest BCUT2D eigenvalue weighted by Gasteiger charge is 2.23. The van der Waals surface area contributed by atoms with E-state index < -0.39 is 0 Å². The largest absolute Gasteiger partial charge is 0.469 e. The molecule has 0 aliphatic rings. The Morgan fingerprint density at radius 2 is 1.72 bits per heavy atom. The molecule has 0 unspecified atom stereocenters. The lowest BCUT2D eigenvalue weighted by molar-refractivity contribution is 0.0994. The normalized spacial score (nSPS) is 12.1. The van der Waals surface area contributed by atoms with Gasteiger partial charge in [-0.25, -0.2) is 0 Å². The number of aromatic nitrogens is 3. The van der Waals surface area contributed by atoms with Crippen molar-refractivity contribution in [2.24, 2.45) is 0 Å². The zero-order valence-electron chi connectivity index (χ0n) is 16.3. The first kappa shape index (κ1) is 19.2. The predicted octanol–water partition coefficient (Wildman–Crippen LogP) is 5.26. The number of hydrogen-bond acceptors (Lipinski definition) is 5. The topological polar surface area (TPSA) is 60.9 Å². The quantitative estimate of drug-likeness (QED) is 0.311. The molecule has 0 N–H and O–H groups in total. The number of hydrogen-bond donors (Lipinski definition) is 0. The van der Waals surface area contributed by atoms with E-state index >= 15 is 0 Å². The fourth-order valence-corrected chi connectivity index (χ4v) is 4.07. The lowest BCUT2D eigenvalue weighted by atomic mass is 10.1. The number of carbonyl (C=O) groups excluding carboxylic acids is 1. The molecule has 5 nitrogen and oxygen atoms in total. The summed E-state index contributed by atoms with van der Waals surface area (Å²) in [7, 11) is 0. The SMILES string of the molecule is Cc1occc1-c1nnc(S[C@H](C)C(=O)c2ccccc2)n1Cc1ccccc1. The maximum absolute atomic E-state index is 12.8. The minimum atomic E-state index is -0.283. The molecule has 0 fully saturated rings. The van der Waals surface area contributed by atoms with E-state index in [1.165, 1.54) is 11.8 Å². The number of Topliss-reactive ketones (excluding diaryl/α,β-unsaturated/α-hetero) is 1. The van der Waals surface area contributed by atoms with Gasteiger partial charge in [-0.1, -0.05) is 72.4 Å². The van der Waals surface area contributed by atoms with Crippen LogP contribution in [0.3, 0.4) is 0 Å². The molecule has 2 heterocycles. The summed E-state index contributed by atoms with van der Waals surface area (Å²) in [5.74, 6) is 1.60. The zero-order valence-corrected chi connectivity index (χ0v) is 17.1. The van der Waals surface area contributed by atoms with Gasteiger partial charge in [-0.05, 0) is 25.5 Å². The van der Waals surface area contributed by atoms with Crippen molar-refractivity contribution >= 4 is 17.5 Å². The summed E-state index contributed by atoms with van der Waals surface area (Å²) < 4.78 is 7.52. The van der Waals surface area contributed by atoms with Crippen molar-refractivity contribution in [1.82, 2.24) is 14.8 Å². The number of nitrogens with zero attached hydrogens (tertiary/aromatic N) is 3. The molecular formula is C23H21N3O2S. The van der Waals surface area contributed by atoms with E-state index in [0.29, 0.717) is 17.3 Å². The number of furan rings is 1. The minimum absolute atomic E-state index is 0.0749. The van der Waals surface area contributed by atoms with Gasteiger partial charge in [0.25, 0.3) is 0 Å². The molecule has 0 bridgehead atoms. The van der Waals surface area contributed by atoms with Crippen molar-refractivity contribution in [3.8, 4) is 11.4 Å². The van der Waals surface area contributed by atoms with Crippen LogP contribution in [0.2, 0.25) is 0 Å². The third-order valence-electron chi connectivity index (χ3n) is 4.71. The highest BCUT2D eigenvalue weighted by molar-refractivity contribution is 8.00. The maximum atomic E-state index is 12.8. The van der Waals surface area contributed by atoms with Gasteiger partial charge in [-0.3, -0.25) is 9.36 Å². The van der Waals surface area contributed by atoms with Gasteiger partial charge >= 0.3 is 0 Å². The summed E-state index contributed by atoms with van der Waals surface area (Å²) >= 11 is 1.43. The first-order valence-electron chi connectivity index (χ1n) is 9.41. The lowest BCUT2D eigenvalue weighted by Gasteiger charge is -2.13. The highest BCUT2D eigenvalue weighted by atomic mass is 32.2. The van der Waals surface area contributed by atoms with Crippen LogP contribution in [-0.2, 0) is 6.54 Å². The molecular weight excluding hydrogens is 382 g/mol. The zero-order chi connectivity index (χ0) is 20.2. The van der Waals surface area contributed by atoms with Crippen LogP contribution in [0, 0.1) is 6.92 Å². The van der Waals surface area contributed by atoms with Crippen molar-refractivity contribution in [2.45, 2.75) is 30.8 Å². The fourth-order valence-electron chi connectivity index (χ4n) is 3.15. The molecule has 0 amide bonds. The molecule has 2 aromatic heterocycles. The Hall–Kier alpha value is -3.12. The van der Waals surface area contributed by atoms with E-state index in [9.17, 15) is 4.79 Å². The van der Waals surface area contributed by atoms with Crippen LogP contribution in [0.4, 0.5) is 0 Å². The molecule has 6 heteroatoms. The molecule has 4 rings (SSSR count). The van der Waals surface area contributed by atoms with Gasteiger partial charge in [0, 0.05) is 5.56 Å². The van der Waals surface area contributed by atoms with Crippen LogP contribution in [-0.4, -0.2) is 25.8 Å². The van der Waals surface area contributed by atoms with Crippen molar-refractivity contribution in [1.29, 1.82) is 0 Å². The Morgan fingerprint density at radius 1 is 1.03 bits per heavy atom. The number of ketones is 1. The van der Waals surface area contributed by atoms with Crippen LogP contribution in [0.1, 0.15) is 28.6 Å². The Labute approximate surface area is 173 Å². The third-order valence-corrected chi connectivity index (χ3v) is 5.79. The first-order valence-corrected chi connectivity index (χ1v) is 10.3. The second-order valence-electron chi connectivity index (χ2n) is 6.76. The number of aryl methyl sites for hydroxylation is 1. The number of benzene rings is 2. The van der Waals surface area contributed by atoms with E-state index in [4.69, 9.17) is 4.42 Å². The molecule has 0 aliphatic heterocycles. The van der Waals surface area contributed by atoms with Gasteiger partial charge in [-0.2, -0.15) is 0 Å². The minimum Gasteiger partial charge on any atom is -0.469 e. The van der Waals surface area contributed by atoms with E-state index in [2.05, 4.69) is 22.3 Å². The predicted molar refractivity (Wildman–Crippen MR) is 114 cm³/mol. The molecule has 146 valence electrons. The Bertz CT molecular complexity index is 1100. The highest BCUT2D eigenvalue weighted by Crippen LogP contribution is 2.30. The second-order valence-corrected chi connectivity index (χ2v) is 8.07. The molecule has 29 heavy (non-hydrogen) atoms. The van der Waals surface area contributed by atoms with Gasteiger partial charge in [0.05, 0.1) is 23.6 Å². The molecule has 0 radical (unpaired) electrons. The summed E-state index contributed by atoms with van der Waals surface area (Å²) in [5, 5.41) is 9.26. The summed E-state index contributed by atoms with van der Waals surface area (Å²) in [6.07, 6.45) is 1.65. The number of carbonyl (C=O) groups is 1. The fraction of sp³-hybridized carbons (Fsp3) is 0.174. The Balaban J connectivity index is 1.67. The summed E-state index contributed by atoms with van der Waals surface area (Å²) in [6.45, 7) is 4.43. The van der Waals surface area contributed by atoms with Crippen LogP contribution < -0.4 is 0 Å². The van der Waals surface area contributed by atoms with Crippen molar-refractivity contribution < 1.29 is 9.21 Å². The van der Waals surface area contributed by atoms with E-state index in [1.807, 2.05) is 73.0 Å².